The summed E-state index contributed by atoms with van der Waals surface area (Å²) < 4.78 is 10.7. The molecule has 0 aliphatic heterocycles. The summed E-state index contributed by atoms with van der Waals surface area (Å²) >= 11 is 0. The zero-order chi connectivity index (χ0) is 18.4. The Morgan fingerprint density at radius 2 is 2.04 bits per heavy atom. The van der Waals surface area contributed by atoms with Crippen molar-refractivity contribution in [3.05, 3.63) is 35.4 Å². The topological polar surface area (TPSA) is 89.1 Å². The summed E-state index contributed by atoms with van der Waals surface area (Å²) in [5.74, 6) is 2.81. The van der Waals surface area contributed by atoms with Gasteiger partial charge in [-0.15, -0.1) is 0 Å². The van der Waals surface area contributed by atoms with E-state index in [1.807, 2.05) is 39.0 Å². The van der Waals surface area contributed by atoms with Gasteiger partial charge < -0.3 is 14.8 Å². The number of hydrogen-bond donors (Lipinski definition) is 2. The van der Waals surface area contributed by atoms with Crippen molar-refractivity contribution in [3.8, 4) is 11.5 Å². The molecule has 0 saturated heterocycles. The molecular formula is C18H26N4O3. The lowest BCUT2D eigenvalue weighted by atomic mass is 10.0. The maximum Gasteiger partial charge on any atom is 0.220 e. The Bertz CT molecular complexity index is 712. The van der Waals surface area contributed by atoms with Crippen LogP contribution in [0.3, 0.4) is 0 Å². The number of H-pyrrole nitrogens is 1. The zero-order valence-corrected chi connectivity index (χ0v) is 15.4. The van der Waals surface area contributed by atoms with Crippen LogP contribution in [0.4, 0.5) is 0 Å². The fraction of sp³-hybridized carbons (Fsp3) is 0.500. The minimum absolute atomic E-state index is 0.0500. The normalized spacial score (nSPS) is 12.1. The van der Waals surface area contributed by atoms with E-state index in [0.29, 0.717) is 30.2 Å². The monoisotopic (exact) mass is 346 g/mol. The highest BCUT2D eigenvalue weighted by molar-refractivity contribution is 5.76. The summed E-state index contributed by atoms with van der Waals surface area (Å²) in [6.07, 6.45) is 0.903. The second-order valence-corrected chi connectivity index (χ2v) is 6.22. The summed E-state index contributed by atoms with van der Waals surface area (Å²) in [7, 11) is 3.20. The quantitative estimate of drug-likeness (QED) is 0.767. The third-order valence-corrected chi connectivity index (χ3v) is 3.98. The maximum atomic E-state index is 12.4. The molecule has 0 bridgehead atoms. The van der Waals surface area contributed by atoms with Crippen LogP contribution in [0.15, 0.2) is 18.2 Å². The number of ether oxygens (including phenoxy) is 2. The summed E-state index contributed by atoms with van der Waals surface area (Å²) in [5, 5.41) is 10.0. The van der Waals surface area contributed by atoms with Crippen molar-refractivity contribution in [1.29, 1.82) is 0 Å². The standard InChI is InChI=1S/C18H26N4O3/c1-11(2)16(18-19-12(3)21-22-18)20-15(23)10-9-13-7-6-8-14(24-4)17(13)25-5/h6-8,11,16H,9-10H2,1-5H3,(H,20,23)(H,19,21,22). The van der Waals surface area contributed by atoms with Gasteiger partial charge in [-0.3, -0.25) is 9.89 Å². The Morgan fingerprint density at radius 1 is 1.28 bits per heavy atom. The van der Waals surface area contributed by atoms with Crippen molar-refractivity contribution in [2.24, 2.45) is 5.92 Å². The number of aromatic amines is 1. The molecule has 1 amide bonds. The predicted octanol–water partition coefficient (Wildman–Crippen LogP) is 2.58. The number of rotatable bonds is 8. The highest BCUT2D eigenvalue weighted by atomic mass is 16.5. The summed E-state index contributed by atoms with van der Waals surface area (Å²) in [6, 6.07) is 5.45. The van der Waals surface area contributed by atoms with Crippen LogP contribution in [0, 0.1) is 12.8 Å². The number of carbonyl (C=O) groups is 1. The van der Waals surface area contributed by atoms with Crippen LogP contribution in [-0.4, -0.2) is 35.3 Å². The van der Waals surface area contributed by atoms with Gasteiger partial charge in [0, 0.05) is 6.42 Å². The maximum absolute atomic E-state index is 12.4. The van der Waals surface area contributed by atoms with Crippen molar-refractivity contribution < 1.29 is 14.3 Å². The van der Waals surface area contributed by atoms with Crippen LogP contribution in [0.2, 0.25) is 0 Å². The average Bonchev–Trinajstić information content (AvgIpc) is 3.02. The third-order valence-electron chi connectivity index (χ3n) is 3.98. The molecule has 0 aliphatic carbocycles. The van der Waals surface area contributed by atoms with E-state index in [-0.39, 0.29) is 17.9 Å². The van der Waals surface area contributed by atoms with E-state index in [2.05, 4.69) is 20.5 Å². The molecule has 25 heavy (non-hydrogen) atoms. The lowest BCUT2D eigenvalue weighted by molar-refractivity contribution is -0.122. The molecule has 1 unspecified atom stereocenters. The van der Waals surface area contributed by atoms with Crippen LogP contribution in [0.5, 0.6) is 11.5 Å². The number of methoxy groups -OCH3 is 2. The lowest BCUT2D eigenvalue weighted by Gasteiger charge is -2.19. The predicted molar refractivity (Wildman–Crippen MR) is 94.7 cm³/mol. The van der Waals surface area contributed by atoms with Crippen molar-refractivity contribution in [1.82, 2.24) is 20.5 Å². The van der Waals surface area contributed by atoms with Crippen molar-refractivity contribution in [3.63, 3.8) is 0 Å². The molecule has 7 heteroatoms. The number of benzene rings is 1. The second kappa shape index (κ2) is 8.50. The van der Waals surface area contributed by atoms with Gasteiger partial charge in [-0.05, 0) is 30.9 Å². The van der Waals surface area contributed by atoms with E-state index in [1.54, 1.807) is 14.2 Å². The fourth-order valence-electron chi connectivity index (χ4n) is 2.67. The largest absolute Gasteiger partial charge is 0.493 e. The Balaban J connectivity index is 2.02. The van der Waals surface area contributed by atoms with Gasteiger partial charge >= 0.3 is 0 Å². The van der Waals surface area contributed by atoms with Gasteiger partial charge in [-0.2, -0.15) is 5.10 Å². The van der Waals surface area contributed by atoms with E-state index in [4.69, 9.17) is 9.47 Å². The number of amides is 1. The third kappa shape index (κ3) is 4.71. The lowest BCUT2D eigenvalue weighted by Crippen LogP contribution is -2.32. The summed E-state index contributed by atoms with van der Waals surface area (Å²) in [4.78, 5) is 16.8. The Hall–Kier alpha value is -2.57. The van der Waals surface area contributed by atoms with Crippen LogP contribution in [0.25, 0.3) is 0 Å². The molecule has 2 N–H and O–H groups in total. The molecule has 1 heterocycles. The van der Waals surface area contributed by atoms with Gasteiger partial charge in [0.25, 0.3) is 0 Å². The first-order chi connectivity index (χ1) is 12.0. The summed E-state index contributed by atoms with van der Waals surface area (Å²) in [5.41, 5.74) is 0.937. The molecule has 2 aromatic rings. The van der Waals surface area contributed by atoms with Crippen LogP contribution in [-0.2, 0) is 11.2 Å². The molecule has 2 rings (SSSR count). The van der Waals surface area contributed by atoms with Crippen molar-refractivity contribution in [2.75, 3.05) is 14.2 Å². The van der Waals surface area contributed by atoms with Crippen LogP contribution in [0.1, 0.15) is 43.5 Å². The highest BCUT2D eigenvalue weighted by Gasteiger charge is 2.22. The zero-order valence-electron chi connectivity index (χ0n) is 15.4. The number of aromatic nitrogens is 3. The number of carbonyl (C=O) groups excluding carboxylic acids is 1. The molecule has 1 aromatic carbocycles. The smallest absolute Gasteiger partial charge is 0.220 e. The number of aryl methyl sites for hydroxylation is 2. The molecule has 7 nitrogen and oxygen atoms in total. The molecule has 0 saturated carbocycles. The van der Waals surface area contributed by atoms with Gasteiger partial charge in [-0.1, -0.05) is 26.0 Å². The number of hydrogen-bond acceptors (Lipinski definition) is 5. The molecular weight excluding hydrogens is 320 g/mol. The molecule has 0 fully saturated rings. The second-order valence-electron chi connectivity index (χ2n) is 6.22. The molecule has 0 aliphatic rings. The summed E-state index contributed by atoms with van der Waals surface area (Å²) in [6.45, 7) is 5.90. The molecule has 1 aromatic heterocycles. The van der Waals surface area contributed by atoms with Gasteiger partial charge in [0.1, 0.15) is 5.82 Å². The first-order valence-corrected chi connectivity index (χ1v) is 8.34. The molecule has 0 radical (unpaired) electrons. The van der Waals surface area contributed by atoms with Crippen LogP contribution >= 0.6 is 0 Å². The van der Waals surface area contributed by atoms with E-state index in [0.717, 1.165) is 11.4 Å². The van der Waals surface area contributed by atoms with Gasteiger partial charge in [0.15, 0.2) is 17.3 Å². The minimum Gasteiger partial charge on any atom is -0.493 e. The van der Waals surface area contributed by atoms with Crippen LogP contribution < -0.4 is 14.8 Å². The van der Waals surface area contributed by atoms with Gasteiger partial charge in [0.05, 0.1) is 20.3 Å². The number of para-hydroxylation sites is 1. The SMILES string of the molecule is COc1cccc(CCC(=O)NC(c2n[nH]c(C)n2)C(C)C)c1OC. The van der Waals surface area contributed by atoms with Gasteiger partial charge in [-0.25, -0.2) is 4.98 Å². The van der Waals surface area contributed by atoms with Crippen molar-refractivity contribution in [2.45, 2.75) is 39.7 Å². The first-order valence-electron chi connectivity index (χ1n) is 8.34. The van der Waals surface area contributed by atoms with E-state index in [1.165, 1.54) is 0 Å². The molecule has 0 spiro atoms. The van der Waals surface area contributed by atoms with Gasteiger partial charge in [0.2, 0.25) is 5.91 Å². The average molecular weight is 346 g/mol. The van der Waals surface area contributed by atoms with E-state index < -0.39 is 0 Å². The fourth-order valence-corrected chi connectivity index (χ4v) is 2.67. The number of nitrogens with zero attached hydrogens (tertiary/aromatic N) is 2. The van der Waals surface area contributed by atoms with E-state index >= 15 is 0 Å². The Kier molecular flexibility index (Phi) is 6.38. The van der Waals surface area contributed by atoms with E-state index in [9.17, 15) is 4.79 Å². The van der Waals surface area contributed by atoms with Crippen molar-refractivity contribution >= 4 is 5.91 Å². The Labute approximate surface area is 148 Å². The minimum atomic E-state index is -0.218. The number of nitrogens with one attached hydrogen (secondary N) is 2. The Morgan fingerprint density at radius 3 is 2.60 bits per heavy atom. The molecule has 1 atom stereocenters. The highest BCUT2D eigenvalue weighted by Crippen LogP contribution is 2.31. The first kappa shape index (κ1) is 18.8. The molecule has 136 valence electrons.